The molecule has 0 bridgehead atoms. The minimum absolute atomic E-state index is 0.388. The summed E-state index contributed by atoms with van der Waals surface area (Å²) >= 11 is 0. The molecule has 0 heterocycles. The van der Waals surface area contributed by atoms with Crippen LogP contribution in [0.3, 0.4) is 0 Å². The van der Waals surface area contributed by atoms with Crippen LogP contribution in [0.5, 0.6) is 0 Å². The number of anilines is 1. The predicted molar refractivity (Wildman–Crippen MR) is 78.8 cm³/mol. The topological polar surface area (TPSA) is 29.3 Å². The first-order valence-electron chi connectivity index (χ1n) is 7.22. The summed E-state index contributed by atoms with van der Waals surface area (Å²) in [6.07, 6.45) is 5.13. The van der Waals surface area contributed by atoms with E-state index in [1.165, 1.54) is 31.4 Å². The molecule has 18 heavy (non-hydrogen) atoms. The quantitative estimate of drug-likeness (QED) is 0.883. The van der Waals surface area contributed by atoms with Gasteiger partial charge in [0.05, 0.1) is 0 Å². The Bertz CT molecular complexity index is 349. The zero-order valence-corrected chi connectivity index (χ0v) is 11.7. The number of nitrogens with two attached hydrogens (primary N) is 1. The number of rotatable bonds is 4. The van der Waals surface area contributed by atoms with Gasteiger partial charge in [0.25, 0.3) is 0 Å². The number of benzene rings is 1. The largest absolute Gasteiger partial charge is 0.374 e. The van der Waals surface area contributed by atoms with Gasteiger partial charge in [0.2, 0.25) is 0 Å². The molecule has 1 aromatic carbocycles. The molecule has 1 saturated carbocycles. The predicted octanol–water partition coefficient (Wildman–Crippen LogP) is 3.28. The molecule has 1 aliphatic carbocycles. The first-order chi connectivity index (χ1) is 8.70. The summed E-state index contributed by atoms with van der Waals surface area (Å²) in [6.45, 7) is 3.39. The van der Waals surface area contributed by atoms with E-state index >= 15 is 0 Å². The lowest BCUT2D eigenvalue weighted by molar-refractivity contribution is 0.232. The molecule has 0 amide bonds. The Morgan fingerprint density at radius 3 is 2.61 bits per heavy atom. The van der Waals surface area contributed by atoms with Crippen LogP contribution in [0.25, 0.3) is 0 Å². The van der Waals surface area contributed by atoms with Crippen LogP contribution in [0.1, 0.15) is 32.6 Å². The molecular formula is C16H26N2. The van der Waals surface area contributed by atoms with Crippen molar-refractivity contribution in [3.63, 3.8) is 0 Å². The smallest absolute Gasteiger partial charge is 0.0363 e. The normalized spacial score (nSPS) is 28.1. The molecule has 3 atom stereocenters. The highest BCUT2D eigenvalue weighted by Crippen LogP contribution is 2.31. The average molecular weight is 246 g/mol. The molecule has 0 saturated heterocycles. The number of hydrogen-bond acceptors (Lipinski definition) is 2. The molecule has 0 aromatic heterocycles. The Morgan fingerprint density at radius 1 is 1.22 bits per heavy atom. The van der Waals surface area contributed by atoms with Crippen molar-refractivity contribution in [1.82, 2.24) is 0 Å². The van der Waals surface area contributed by atoms with Crippen molar-refractivity contribution in [3.8, 4) is 0 Å². The Hall–Kier alpha value is -1.02. The van der Waals surface area contributed by atoms with E-state index in [2.05, 4.69) is 49.2 Å². The van der Waals surface area contributed by atoms with Crippen LogP contribution in [0.2, 0.25) is 0 Å². The van der Waals surface area contributed by atoms with Crippen molar-refractivity contribution < 1.29 is 0 Å². The second kappa shape index (κ2) is 6.24. The Labute approximate surface area is 111 Å². The molecule has 100 valence electrons. The fraction of sp³-hybridized carbons (Fsp3) is 0.625. The molecular weight excluding hydrogens is 220 g/mol. The number of nitrogens with zero attached hydrogens (tertiary/aromatic N) is 1. The van der Waals surface area contributed by atoms with E-state index < -0.39 is 0 Å². The molecule has 1 fully saturated rings. The van der Waals surface area contributed by atoms with Gasteiger partial charge in [0, 0.05) is 25.3 Å². The third-order valence-corrected chi connectivity index (χ3v) is 4.43. The van der Waals surface area contributed by atoms with Gasteiger partial charge in [0.1, 0.15) is 0 Å². The van der Waals surface area contributed by atoms with Crippen molar-refractivity contribution in [2.45, 2.75) is 38.6 Å². The van der Waals surface area contributed by atoms with Gasteiger partial charge in [-0.15, -0.1) is 0 Å². The van der Waals surface area contributed by atoms with E-state index in [-0.39, 0.29) is 0 Å². The highest BCUT2D eigenvalue weighted by atomic mass is 15.1. The van der Waals surface area contributed by atoms with E-state index in [0.717, 1.165) is 12.5 Å². The Balaban J connectivity index is 1.95. The van der Waals surface area contributed by atoms with Gasteiger partial charge in [-0.2, -0.15) is 0 Å². The summed E-state index contributed by atoms with van der Waals surface area (Å²) in [6, 6.07) is 11.0. The summed E-state index contributed by atoms with van der Waals surface area (Å²) in [5.41, 5.74) is 7.59. The second-order valence-electron chi connectivity index (χ2n) is 5.73. The van der Waals surface area contributed by atoms with E-state index in [1.54, 1.807) is 0 Å². The summed E-state index contributed by atoms with van der Waals surface area (Å²) in [5.74, 6) is 1.54. The van der Waals surface area contributed by atoms with Gasteiger partial charge in [-0.3, -0.25) is 0 Å². The highest BCUT2D eigenvalue weighted by Gasteiger charge is 2.28. The number of hydrogen-bond donors (Lipinski definition) is 1. The summed E-state index contributed by atoms with van der Waals surface area (Å²) in [7, 11) is 2.18. The van der Waals surface area contributed by atoms with Crippen molar-refractivity contribution in [1.29, 1.82) is 0 Å². The zero-order chi connectivity index (χ0) is 13.0. The van der Waals surface area contributed by atoms with Crippen LogP contribution in [0.4, 0.5) is 5.69 Å². The van der Waals surface area contributed by atoms with Crippen molar-refractivity contribution in [2.24, 2.45) is 17.6 Å². The van der Waals surface area contributed by atoms with Gasteiger partial charge in [-0.25, -0.2) is 0 Å². The summed E-state index contributed by atoms with van der Waals surface area (Å²) in [5, 5.41) is 0. The molecule has 2 heteroatoms. The molecule has 1 aliphatic rings. The van der Waals surface area contributed by atoms with Crippen LogP contribution in [-0.2, 0) is 0 Å². The van der Waals surface area contributed by atoms with E-state index in [0.29, 0.717) is 12.0 Å². The molecule has 2 N–H and O–H groups in total. The standard InChI is InChI=1S/C16H26N2/c1-3-13-9-10-16(17)14(11-13)12-18(2)15-7-5-4-6-8-15/h4-8,13-14,16H,3,9-12,17H2,1-2H3. The van der Waals surface area contributed by atoms with E-state index in [4.69, 9.17) is 5.73 Å². The maximum atomic E-state index is 6.30. The zero-order valence-electron chi connectivity index (χ0n) is 11.7. The van der Waals surface area contributed by atoms with E-state index in [1.807, 2.05) is 0 Å². The summed E-state index contributed by atoms with van der Waals surface area (Å²) in [4.78, 5) is 2.35. The van der Waals surface area contributed by atoms with Crippen LogP contribution < -0.4 is 10.6 Å². The summed E-state index contributed by atoms with van der Waals surface area (Å²) < 4.78 is 0. The molecule has 3 unspecified atom stereocenters. The molecule has 0 aliphatic heterocycles. The van der Waals surface area contributed by atoms with Gasteiger partial charge in [-0.05, 0) is 43.2 Å². The minimum Gasteiger partial charge on any atom is -0.374 e. The number of para-hydroxylation sites is 1. The fourth-order valence-corrected chi connectivity index (χ4v) is 3.11. The first kappa shape index (κ1) is 13.4. The van der Waals surface area contributed by atoms with Crippen LogP contribution in [0.15, 0.2) is 30.3 Å². The van der Waals surface area contributed by atoms with E-state index in [9.17, 15) is 0 Å². The maximum absolute atomic E-state index is 6.30. The monoisotopic (exact) mass is 246 g/mol. The second-order valence-corrected chi connectivity index (χ2v) is 5.73. The average Bonchev–Trinajstić information content (AvgIpc) is 2.42. The highest BCUT2D eigenvalue weighted by molar-refractivity contribution is 5.45. The molecule has 0 spiro atoms. The first-order valence-corrected chi connectivity index (χ1v) is 7.22. The van der Waals surface area contributed by atoms with Crippen molar-refractivity contribution in [3.05, 3.63) is 30.3 Å². The van der Waals surface area contributed by atoms with Gasteiger partial charge in [-0.1, -0.05) is 31.5 Å². The molecule has 0 radical (unpaired) electrons. The maximum Gasteiger partial charge on any atom is 0.0363 e. The van der Waals surface area contributed by atoms with Crippen LogP contribution in [-0.4, -0.2) is 19.6 Å². The third-order valence-electron chi connectivity index (χ3n) is 4.43. The lowest BCUT2D eigenvalue weighted by atomic mass is 9.77. The fourth-order valence-electron chi connectivity index (χ4n) is 3.11. The molecule has 2 nitrogen and oxygen atoms in total. The van der Waals surface area contributed by atoms with Gasteiger partial charge >= 0.3 is 0 Å². The van der Waals surface area contributed by atoms with Gasteiger partial charge in [0.15, 0.2) is 0 Å². The lowest BCUT2D eigenvalue weighted by Crippen LogP contribution is -2.42. The SMILES string of the molecule is CCC1CCC(N)C(CN(C)c2ccccc2)C1. The van der Waals surface area contributed by atoms with Crippen LogP contribution in [0, 0.1) is 11.8 Å². The minimum atomic E-state index is 0.388. The van der Waals surface area contributed by atoms with Crippen molar-refractivity contribution >= 4 is 5.69 Å². The van der Waals surface area contributed by atoms with Gasteiger partial charge < -0.3 is 10.6 Å². The Kier molecular flexibility index (Phi) is 4.65. The Morgan fingerprint density at radius 2 is 1.94 bits per heavy atom. The third kappa shape index (κ3) is 3.26. The molecule has 2 rings (SSSR count). The lowest BCUT2D eigenvalue weighted by Gasteiger charge is -2.36. The molecule has 1 aromatic rings. The van der Waals surface area contributed by atoms with Crippen molar-refractivity contribution in [2.75, 3.05) is 18.5 Å². The van der Waals surface area contributed by atoms with Crippen LogP contribution >= 0.6 is 0 Å².